The molecule has 0 saturated heterocycles. The highest BCUT2D eigenvalue weighted by Crippen LogP contribution is 2.38. The predicted molar refractivity (Wildman–Crippen MR) is 117 cm³/mol. The average Bonchev–Trinajstić information content (AvgIpc) is 2.81. The van der Waals surface area contributed by atoms with Crippen LogP contribution in [0.3, 0.4) is 0 Å². The van der Waals surface area contributed by atoms with Crippen LogP contribution < -0.4 is 10.3 Å². The molecular formula is C24H15F6N3O4. The number of ether oxygens (including phenoxy) is 1. The summed E-state index contributed by atoms with van der Waals surface area (Å²) >= 11 is 0. The van der Waals surface area contributed by atoms with Crippen molar-refractivity contribution in [3.63, 3.8) is 0 Å². The summed E-state index contributed by atoms with van der Waals surface area (Å²) in [5.41, 5.74) is -2.36. The van der Waals surface area contributed by atoms with E-state index in [1.807, 2.05) is 0 Å². The lowest BCUT2D eigenvalue weighted by Crippen LogP contribution is -2.14. The monoisotopic (exact) mass is 523 g/mol. The quantitative estimate of drug-likeness (QED) is 0.340. The minimum absolute atomic E-state index is 0.0351. The molecule has 0 unspecified atom stereocenters. The lowest BCUT2D eigenvalue weighted by molar-refractivity contribution is -0.139. The summed E-state index contributed by atoms with van der Waals surface area (Å²) in [5, 5.41) is 8.62. The van der Waals surface area contributed by atoms with Gasteiger partial charge in [-0.25, -0.2) is 18.2 Å². The van der Waals surface area contributed by atoms with Crippen molar-refractivity contribution in [3.8, 4) is 11.6 Å². The number of aromatic nitrogens is 3. The van der Waals surface area contributed by atoms with Crippen LogP contribution in [0.2, 0.25) is 0 Å². The standard InChI is InChI=1S/C24H15F6N3O4/c25-13-6-18(26)16(19(27)7-13)10-33-11-32-22(36)15-8-14(2-3-20(15)33)37-23-17(24(28,29)30)5-12(9-31-23)1-4-21(34)35/h2-3,5-9,11H,1,4,10H2,(H,34,35). The van der Waals surface area contributed by atoms with Crippen molar-refractivity contribution >= 4 is 16.9 Å². The van der Waals surface area contributed by atoms with E-state index in [0.717, 1.165) is 24.7 Å². The fraction of sp³-hybridized carbons (Fsp3) is 0.167. The fourth-order valence-electron chi connectivity index (χ4n) is 3.55. The van der Waals surface area contributed by atoms with Crippen molar-refractivity contribution in [1.29, 1.82) is 0 Å². The van der Waals surface area contributed by atoms with Crippen LogP contribution in [0.4, 0.5) is 26.3 Å². The molecular weight excluding hydrogens is 508 g/mol. The van der Waals surface area contributed by atoms with E-state index >= 15 is 0 Å². The number of hydrogen-bond acceptors (Lipinski definition) is 5. The summed E-state index contributed by atoms with van der Waals surface area (Å²) in [6.45, 7) is -0.459. The number of fused-ring (bicyclic) bond motifs is 1. The summed E-state index contributed by atoms with van der Waals surface area (Å²) in [4.78, 5) is 30.4. The zero-order valence-corrected chi connectivity index (χ0v) is 18.5. The van der Waals surface area contributed by atoms with Crippen LogP contribution in [0.5, 0.6) is 11.6 Å². The molecule has 0 saturated carbocycles. The zero-order valence-electron chi connectivity index (χ0n) is 18.5. The first-order chi connectivity index (χ1) is 17.4. The Balaban J connectivity index is 1.70. The van der Waals surface area contributed by atoms with Crippen molar-refractivity contribution in [1.82, 2.24) is 14.5 Å². The molecule has 192 valence electrons. The molecule has 0 radical (unpaired) electrons. The van der Waals surface area contributed by atoms with E-state index in [9.17, 15) is 35.9 Å². The van der Waals surface area contributed by atoms with Crippen molar-refractivity contribution in [2.24, 2.45) is 0 Å². The van der Waals surface area contributed by atoms with E-state index in [0.29, 0.717) is 12.1 Å². The molecule has 0 amide bonds. The van der Waals surface area contributed by atoms with Crippen LogP contribution in [0, 0.1) is 17.5 Å². The molecule has 0 spiro atoms. The highest BCUT2D eigenvalue weighted by atomic mass is 19.4. The van der Waals surface area contributed by atoms with Gasteiger partial charge in [-0.15, -0.1) is 0 Å². The van der Waals surface area contributed by atoms with Crippen molar-refractivity contribution in [3.05, 3.63) is 93.4 Å². The Morgan fingerprint density at radius 3 is 2.38 bits per heavy atom. The predicted octanol–water partition coefficient (Wildman–Crippen LogP) is 5.09. The van der Waals surface area contributed by atoms with Crippen LogP contribution >= 0.6 is 0 Å². The minimum atomic E-state index is -4.88. The Morgan fingerprint density at radius 1 is 1.03 bits per heavy atom. The number of hydrogen-bond donors (Lipinski definition) is 1. The van der Waals surface area contributed by atoms with E-state index in [2.05, 4.69) is 9.97 Å². The molecule has 0 aliphatic rings. The first-order valence-corrected chi connectivity index (χ1v) is 10.5. The summed E-state index contributed by atoms with van der Waals surface area (Å²) in [6.07, 6.45) is -3.38. The second-order valence-electron chi connectivity index (χ2n) is 7.89. The molecule has 2 aromatic carbocycles. The molecule has 7 nitrogen and oxygen atoms in total. The van der Waals surface area contributed by atoms with E-state index in [-0.39, 0.29) is 28.6 Å². The van der Waals surface area contributed by atoms with Gasteiger partial charge in [-0.05, 0) is 36.2 Å². The highest BCUT2D eigenvalue weighted by Gasteiger charge is 2.36. The number of halogens is 6. The van der Waals surface area contributed by atoms with E-state index in [1.165, 1.54) is 16.7 Å². The van der Waals surface area contributed by atoms with Gasteiger partial charge < -0.3 is 14.4 Å². The van der Waals surface area contributed by atoms with Crippen LogP contribution in [0.15, 0.2) is 53.7 Å². The maximum atomic E-state index is 14.1. The molecule has 0 aliphatic heterocycles. The average molecular weight is 523 g/mol. The SMILES string of the molecule is O=C(O)CCc1cnc(Oc2ccc3c(c2)c(=O)ncn3Cc2c(F)cc(F)cc2F)c(C(F)(F)F)c1. The van der Waals surface area contributed by atoms with Crippen LogP contribution in [0.1, 0.15) is 23.1 Å². The molecule has 1 N–H and O–H groups in total. The Morgan fingerprint density at radius 2 is 1.73 bits per heavy atom. The molecule has 0 aliphatic carbocycles. The zero-order chi connectivity index (χ0) is 26.9. The van der Waals surface area contributed by atoms with Gasteiger partial charge in [-0.1, -0.05) is 0 Å². The molecule has 0 fully saturated rings. The van der Waals surface area contributed by atoms with Gasteiger partial charge in [0, 0.05) is 30.3 Å². The van der Waals surface area contributed by atoms with Gasteiger partial charge in [0.15, 0.2) is 0 Å². The molecule has 37 heavy (non-hydrogen) atoms. The topological polar surface area (TPSA) is 94.3 Å². The summed E-state index contributed by atoms with van der Waals surface area (Å²) < 4.78 is 88.8. The molecule has 2 heterocycles. The number of carboxylic acids is 1. The van der Waals surface area contributed by atoms with Crippen molar-refractivity contribution in [2.75, 3.05) is 0 Å². The number of alkyl halides is 3. The number of carboxylic acid groups (broad SMARTS) is 1. The third-order valence-corrected chi connectivity index (χ3v) is 5.31. The van der Waals surface area contributed by atoms with Crippen LogP contribution in [0.25, 0.3) is 10.9 Å². The van der Waals surface area contributed by atoms with E-state index < -0.39 is 65.1 Å². The van der Waals surface area contributed by atoms with Gasteiger partial charge in [0.25, 0.3) is 5.56 Å². The van der Waals surface area contributed by atoms with Gasteiger partial charge in [0.1, 0.15) is 28.8 Å². The number of aryl methyl sites for hydroxylation is 1. The number of pyridine rings is 1. The molecule has 4 rings (SSSR count). The highest BCUT2D eigenvalue weighted by molar-refractivity contribution is 5.79. The Kier molecular flexibility index (Phi) is 6.88. The maximum Gasteiger partial charge on any atom is 0.421 e. The normalized spacial score (nSPS) is 11.6. The van der Waals surface area contributed by atoms with Crippen molar-refractivity contribution in [2.45, 2.75) is 25.6 Å². The lowest BCUT2D eigenvalue weighted by Gasteiger charge is -2.15. The second kappa shape index (κ2) is 9.91. The van der Waals surface area contributed by atoms with E-state index in [1.54, 1.807) is 0 Å². The maximum absolute atomic E-state index is 14.1. The molecule has 2 aromatic heterocycles. The number of nitrogens with zero attached hydrogens (tertiary/aromatic N) is 3. The molecule has 13 heteroatoms. The number of rotatable bonds is 7. The van der Waals surface area contributed by atoms with Crippen LogP contribution in [-0.2, 0) is 23.9 Å². The van der Waals surface area contributed by atoms with E-state index in [4.69, 9.17) is 9.84 Å². The summed E-state index contributed by atoms with van der Waals surface area (Å²) in [6, 6.07) is 5.32. The number of aliphatic carboxylic acids is 1. The van der Waals surface area contributed by atoms with Crippen molar-refractivity contribution < 1.29 is 41.0 Å². The molecule has 4 aromatic rings. The second-order valence-corrected chi connectivity index (χ2v) is 7.89. The Labute approximate surface area is 203 Å². The largest absolute Gasteiger partial charge is 0.481 e. The van der Waals surface area contributed by atoms with Gasteiger partial charge in [-0.3, -0.25) is 9.59 Å². The third kappa shape index (κ3) is 5.71. The van der Waals surface area contributed by atoms with Gasteiger partial charge in [0.2, 0.25) is 5.88 Å². The molecule has 0 atom stereocenters. The Bertz CT molecular complexity index is 1550. The number of carbonyl (C=O) groups is 1. The smallest absolute Gasteiger partial charge is 0.421 e. The molecule has 0 bridgehead atoms. The van der Waals surface area contributed by atoms with Gasteiger partial charge in [0.05, 0.1) is 23.8 Å². The minimum Gasteiger partial charge on any atom is -0.481 e. The van der Waals surface area contributed by atoms with Gasteiger partial charge in [-0.2, -0.15) is 18.2 Å². The third-order valence-electron chi connectivity index (χ3n) is 5.31. The summed E-state index contributed by atoms with van der Waals surface area (Å²) in [5.74, 6) is -5.63. The summed E-state index contributed by atoms with van der Waals surface area (Å²) in [7, 11) is 0. The van der Waals surface area contributed by atoms with Crippen LogP contribution in [-0.4, -0.2) is 25.6 Å². The number of benzene rings is 2. The van der Waals surface area contributed by atoms with Gasteiger partial charge >= 0.3 is 12.1 Å². The first kappa shape index (κ1) is 25.7. The Hall–Kier alpha value is -4.42. The first-order valence-electron chi connectivity index (χ1n) is 10.5. The lowest BCUT2D eigenvalue weighted by atomic mass is 10.1. The fourth-order valence-corrected chi connectivity index (χ4v) is 3.55.